The number of fused-ring (bicyclic) bond motifs is 5. The van der Waals surface area contributed by atoms with Gasteiger partial charge in [-0.2, -0.15) is 0 Å². The van der Waals surface area contributed by atoms with Crippen LogP contribution in [0.15, 0.2) is 16.9 Å². The number of aliphatic hydroxyl groups excluding tert-OH is 1. The Hall–Kier alpha value is -3.14. The van der Waals surface area contributed by atoms with Gasteiger partial charge in [-0.05, 0) is 48.9 Å². The van der Waals surface area contributed by atoms with Crippen molar-refractivity contribution >= 4 is 16.9 Å². The average molecular weight is 506 g/mol. The molecule has 0 unspecified atom stereocenters. The van der Waals surface area contributed by atoms with Crippen LogP contribution in [-0.2, 0) is 34.7 Å². The Morgan fingerprint density at radius 1 is 1.22 bits per heavy atom. The number of halogens is 1. The van der Waals surface area contributed by atoms with E-state index in [0.29, 0.717) is 29.0 Å². The topological polar surface area (TPSA) is 105 Å². The molecule has 7 rings (SSSR count). The molecule has 192 valence electrons. The molecule has 3 aliphatic heterocycles. The maximum atomic E-state index is 15.0. The number of aliphatic hydroxyl groups is 2. The van der Waals surface area contributed by atoms with Gasteiger partial charge in [-0.15, -0.1) is 0 Å². The number of rotatable bonds is 3. The smallest absolute Gasteiger partial charge is 0.343 e. The third kappa shape index (κ3) is 2.90. The maximum absolute atomic E-state index is 15.0. The summed E-state index contributed by atoms with van der Waals surface area (Å²) in [6, 6.07) is 3.26. The number of ether oxygens (including phenoxy) is 1. The van der Waals surface area contributed by atoms with Crippen LogP contribution in [0.3, 0.4) is 0 Å². The first-order chi connectivity index (χ1) is 17.8. The molecule has 0 amide bonds. The number of esters is 1. The molecule has 3 aromatic rings. The summed E-state index contributed by atoms with van der Waals surface area (Å²) in [4.78, 5) is 33.4. The molecule has 5 heterocycles. The highest BCUT2D eigenvalue weighted by Crippen LogP contribution is 2.48. The minimum atomic E-state index is -1.90. The van der Waals surface area contributed by atoms with Gasteiger partial charge < -0.3 is 19.5 Å². The van der Waals surface area contributed by atoms with Crippen LogP contribution < -0.4 is 5.56 Å². The van der Waals surface area contributed by atoms with E-state index in [0.717, 1.165) is 48.0 Å². The highest BCUT2D eigenvalue weighted by Gasteiger charge is 2.46. The van der Waals surface area contributed by atoms with E-state index < -0.39 is 11.6 Å². The van der Waals surface area contributed by atoms with Gasteiger partial charge in [0.1, 0.15) is 12.4 Å². The standard InChI is InChI=1S/C28H28FN3O5/c1-3-28(36)18-6-22-25-16(10-32(22)26(34)17(18)12-37-27(28)35)24-21(31-8-14(9-31)11-33)5-4-15-13(2)19(29)7-20(30-25)23(15)24/h6-7,14,21,33,36H,3-5,8-12H2,1-2H3/t21-,28-/m0/s1. The van der Waals surface area contributed by atoms with Crippen molar-refractivity contribution in [3.8, 4) is 11.4 Å². The van der Waals surface area contributed by atoms with Gasteiger partial charge in [-0.1, -0.05) is 6.92 Å². The molecule has 4 aliphatic rings. The summed E-state index contributed by atoms with van der Waals surface area (Å²) in [5.74, 6) is -0.810. The van der Waals surface area contributed by atoms with Crippen molar-refractivity contribution in [1.29, 1.82) is 0 Å². The fourth-order valence-corrected chi connectivity index (χ4v) is 6.88. The lowest BCUT2D eigenvalue weighted by atomic mass is 9.79. The quantitative estimate of drug-likeness (QED) is 0.412. The summed E-state index contributed by atoms with van der Waals surface area (Å²) in [6.07, 6.45) is 1.63. The van der Waals surface area contributed by atoms with Crippen LogP contribution in [0.4, 0.5) is 4.39 Å². The lowest BCUT2D eigenvalue weighted by Gasteiger charge is -2.46. The molecule has 0 radical (unpaired) electrons. The summed E-state index contributed by atoms with van der Waals surface area (Å²) in [5.41, 5.74) is 3.66. The van der Waals surface area contributed by atoms with E-state index in [-0.39, 0.29) is 54.1 Å². The molecular weight excluding hydrogens is 477 g/mol. The van der Waals surface area contributed by atoms with Gasteiger partial charge in [0.05, 0.1) is 29.0 Å². The molecule has 1 fully saturated rings. The average Bonchev–Trinajstić information content (AvgIpc) is 3.23. The van der Waals surface area contributed by atoms with E-state index in [1.165, 1.54) is 6.07 Å². The molecule has 2 N–H and O–H groups in total. The Morgan fingerprint density at radius 3 is 2.73 bits per heavy atom. The SMILES string of the molecule is CC[C@@]1(O)C(=O)OCc2c1cc1n(c2=O)Cc2c-1nc1cc(F)c(C)c3c1c2[C@@H](N1CC(CO)C1)CC3. The van der Waals surface area contributed by atoms with Gasteiger partial charge in [0, 0.05) is 54.2 Å². The summed E-state index contributed by atoms with van der Waals surface area (Å²) in [7, 11) is 0. The molecule has 0 saturated carbocycles. The molecule has 0 spiro atoms. The van der Waals surface area contributed by atoms with E-state index in [2.05, 4.69) is 4.90 Å². The Labute approximate surface area is 212 Å². The lowest BCUT2D eigenvalue weighted by Crippen LogP contribution is -2.50. The molecule has 1 saturated heterocycles. The van der Waals surface area contributed by atoms with Crippen LogP contribution in [-0.4, -0.2) is 50.3 Å². The Bertz CT molecular complexity index is 1590. The van der Waals surface area contributed by atoms with Crippen molar-refractivity contribution in [3.63, 3.8) is 0 Å². The van der Waals surface area contributed by atoms with Crippen LogP contribution >= 0.6 is 0 Å². The van der Waals surface area contributed by atoms with E-state index in [1.807, 2.05) is 6.92 Å². The Morgan fingerprint density at radius 2 is 2.00 bits per heavy atom. The molecular formula is C28H28FN3O5. The number of likely N-dealkylation sites (tertiary alicyclic amines) is 1. The summed E-state index contributed by atoms with van der Waals surface area (Å²) < 4.78 is 21.8. The number of aryl methyl sites for hydroxylation is 1. The predicted molar refractivity (Wildman–Crippen MR) is 132 cm³/mol. The van der Waals surface area contributed by atoms with Crippen molar-refractivity contribution < 1.29 is 24.1 Å². The Kier molecular flexibility index (Phi) is 4.78. The van der Waals surface area contributed by atoms with Crippen LogP contribution in [0.1, 0.15) is 59.2 Å². The van der Waals surface area contributed by atoms with Crippen LogP contribution in [0.5, 0.6) is 0 Å². The van der Waals surface area contributed by atoms with Gasteiger partial charge >= 0.3 is 5.97 Å². The summed E-state index contributed by atoms with van der Waals surface area (Å²) in [5, 5.41) is 21.7. The number of carbonyl (C=O) groups excluding carboxylic acids is 1. The van der Waals surface area contributed by atoms with E-state index in [4.69, 9.17) is 9.72 Å². The molecule has 9 heteroatoms. The highest BCUT2D eigenvalue weighted by molar-refractivity contribution is 5.93. The number of aromatic nitrogens is 2. The Balaban J connectivity index is 1.50. The molecule has 8 nitrogen and oxygen atoms in total. The highest BCUT2D eigenvalue weighted by atomic mass is 19.1. The summed E-state index contributed by atoms with van der Waals surface area (Å²) >= 11 is 0. The van der Waals surface area contributed by atoms with Gasteiger partial charge in [0.15, 0.2) is 5.60 Å². The number of carbonyl (C=O) groups is 1. The van der Waals surface area contributed by atoms with Crippen molar-refractivity contribution in [2.75, 3.05) is 19.7 Å². The second-order valence-corrected chi connectivity index (χ2v) is 10.9. The van der Waals surface area contributed by atoms with Crippen molar-refractivity contribution in [2.45, 2.75) is 57.9 Å². The van der Waals surface area contributed by atoms with Gasteiger partial charge in [-0.25, -0.2) is 14.2 Å². The van der Waals surface area contributed by atoms with Gasteiger partial charge in [0.2, 0.25) is 0 Å². The first-order valence-electron chi connectivity index (χ1n) is 12.9. The third-order valence-corrected chi connectivity index (χ3v) is 9.03. The van der Waals surface area contributed by atoms with E-state index >= 15 is 0 Å². The minimum Gasteiger partial charge on any atom is -0.458 e. The predicted octanol–water partition coefficient (Wildman–Crippen LogP) is 2.44. The van der Waals surface area contributed by atoms with Crippen LogP contribution in [0, 0.1) is 18.7 Å². The van der Waals surface area contributed by atoms with E-state index in [9.17, 15) is 24.2 Å². The van der Waals surface area contributed by atoms with Crippen LogP contribution in [0.25, 0.3) is 22.3 Å². The van der Waals surface area contributed by atoms with Crippen molar-refractivity contribution in [1.82, 2.24) is 14.5 Å². The first kappa shape index (κ1) is 23.0. The lowest BCUT2D eigenvalue weighted by molar-refractivity contribution is -0.172. The number of nitrogens with zero attached hydrogens (tertiary/aromatic N) is 3. The normalized spacial score (nSPS) is 24.5. The van der Waals surface area contributed by atoms with E-state index in [1.54, 1.807) is 17.6 Å². The first-order valence-corrected chi connectivity index (χ1v) is 12.9. The second kappa shape index (κ2) is 7.69. The van der Waals surface area contributed by atoms with Gasteiger partial charge in [-0.3, -0.25) is 9.69 Å². The molecule has 1 aliphatic carbocycles. The number of benzene rings is 1. The fraction of sp³-hybridized carbons (Fsp3) is 0.464. The minimum absolute atomic E-state index is 0.0713. The van der Waals surface area contributed by atoms with Crippen LogP contribution in [0.2, 0.25) is 0 Å². The molecule has 0 bridgehead atoms. The van der Waals surface area contributed by atoms with Crippen molar-refractivity contribution in [2.24, 2.45) is 5.92 Å². The number of hydrogen-bond donors (Lipinski definition) is 2. The second-order valence-electron chi connectivity index (χ2n) is 10.9. The summed E-state index contributed by atoms with van der Waals surface area (Å²) in [6.45, 7) is 5.36. The monoisotopic (exact) mass is 505 g/mol. The largest absolute Gasteiger partial charge is 0.458 e. The number of pyridine rings is 2. The molecule has 1 aromatic carbocycles. The molecule has 2 atom stereocenters. The zero-order chi connectivity index (χ0) is 25.8. The molecule has 37 heavy (non-hydrogen) atoms. The molecule has 2 aromatic heterocycles. The van der Waals surface area contributed by atoms with Crippen molar-refractivity contribution in [3.05, 3.63) is 61.7 Å². The third-order valence-electron chi connectivity index (χ3n) is 9.03. The zero-order valence-electron chi connectivity index (χ0n) is 20.8. The zero-order valence-corrected chi connectivity index (χ0v) is 20.8. The fourth-order valence-electron chi connectivity index (χ4n) is 6.88. The van der Waals surface area contributed by atoms with Gasteiger partial charge in [0.25, 0.3) is 5.56 Å². The maximum Gasteiger partial charge on any atom is 0.343 e. The number of hydrogen-bond acceptors (Lipinski definition) is 7. The number of cyclic esters (lactones) is 1.